The van der Waals surface area contributed by atoms with Crippen molar-refractivity contribution in [3.05, 3.63) is 64.7 Å². The third-order valence-corrected chi connectivity index (χ3v) is 3.88. The van der Waals surface area contributed by atoms with Crippen LogP contribution in [-0.4, -0.2) is 20.0 Å². The Labute approximate surface area is 133 Å². The molecule has 22 heavy (non-hydrogen) atoms. The van der Waals surface area contributed by atoms with Gasteiger partial charge in [0.05, 0.1) is 6.42 Å². The van der Waals surface area contributed by atoms with E-state index in [1.165, 1.54) is 11.1 Å². The molecule has 0 saturated heterocycles. The highest BCUT2D eigenvalue weighted by Crippen LogP contribution is 2.12. The van der Waals surface area contributed by atoms with E-state index in [0.29, 0.717) is 13.0 Å². The standard InChI is InChI=1S/C19H24N2O/c1-14-5-6-17(11-15(14)2)12-19(22)20-13-16-7-9-18(10-8-16)21(3)4/h5-11H,12-13H2,1-4H3,(H,20,22). The Bertz CT molecular complexity index is 645. The fourth-order valence-corrected chi connectivity index (χ4v) is 2.27. The molecule has 3 nitrogen and oxygen atoms in total. The van der Waals surface area contributed by atoms with E-state index in [1.54, 1.807) is 0 Å². The summed E-state index contributed by atoms with van der Waals surface area (Å²) >= 11 is 0. The number of rotatable bonds is 5. The smallest absolute Gasteiger partial charge is 0.224 e. The van der Waals surface area contributed by atoms with Crippen LogP contribution in [0.15, 0.2) is 42.5 Å². The molecule has 1 N–H and O–H groups in total. The lowest BCUT2D eigenvalue weighted by atomic mass is 10.0. The number of aryl methyl sites for hydroxylation is 2. The van der Waals surface area contributed by atoms with Crippen LogP contribution < -0.4 is 10.2 Å². The van der Waals surface area contributed by atoms with E-state index in [2.05, 4.69) is 48.3 Å². The lowest BCUT2D eigenvalue weighted by molar-refractivity contribution is -0.120. The summed E-state index contributed by atoms with van der Waals surface area (Å²) in [4.78, 5) is 14.1. The van der Waals surface area contributed by atoms with Crippen molar-refractivity contribution in [1.82, 2.24) is 5.32 Å². The van der Waals surface area contributed by atoms with Gasteiger partial charge in [0.2, 0.25) is 5.91 Å². The Morgan fingerprint density at radius 1 is 0.955 bits per heavy atom. The Hall–Kier alpha value is -2.29. The van der Waals surface area contributed by atoms with Crippen molar-refractivity contribution in [2.75, 3.05) is 19.0 Å². The molecule has 1 amide bonds. The molecule has 2 aromatic carbocycles. The molecule has 2 rings (SSSR count). The highest BCUT2D eigenvalue weighted by molar-refractivity contribution is 5.78. The molecule has 3 heteroatoms. The van der Waals surface area contributed by atoms with E-state index in [-0.39, 0.29) is 5.91 Å². The van der Waals surface area contributed by atoms with Crippen molar-refractivity contribution in [1.29, 1.82) is 0 Å². The van der Waals surface area contributed by atoms with Crippen molar-refractivity contribution in [3.63, 3.8) is 0 Å². The second kappa shape index (κ2) is 7.12. The first-order chi connectivity index (χ1) is 10.5. The second-order valence-electron chi connectivity index (χ2n) is 5.93. The Morgan fingerprint density at radius 2 is 1.59 bits per heavy atom. The van der Waals surface area contributed by atoms with Gasteiger partial charge in [-0.05, 0) is 48.2 Å². The minimum absolute atomic E-state index is 0.0555. The number of hydrogen-bond donors (Lipinski definition) is 1. The summed E-state index contributed by atoms with van der Waals surface area (Å²) in [5.74, 6) is 0.0555. The summed E-state index contributed by atoms with van der Waals surface area (Å²) in [5.41, 5.74) is 5.81. The molecule has 0 heterocycles. The van der Waals surface area contributed by atoms with Crippen LogP contribution in [0.25, 0.3) is 0 Å². The molecule has 2 aromatic rings. The molecule has 0 unspecified atom stereocenters. The van der Waals surface area contributed by atoms with Gasteiger partial charge in [0, 0.05) is 26.3 Å². The Balaban J connectivity index is 1.88. The maximum atomic E-state index is 12.0. The largest absolute Gasteiger partial charge is 0.378 e. The van der Waals surface area contributed by atoms with Crippen molar-refractivity contribution >= 4 is 11.6 Å². The van der Waals surface area contributed by atoms with E-state index in [9.17, 15) is 4.79 Å². The first-order valence-electron chi connectivity index (χ1n) is 7.55. The van der Waals surface area contributed by atoms with Gasteiger partial charge in [-0.25, -0.2) is 0 Å². The monoisotopic (exact) mass is 296 g/mol. The van der Waals surface area contributed by atoms with Crippen molar-refractivity contribution in [3.8, 4) is 0 Å². The van der Waals surface area contributed by atoms with Crippen LogP contribution in [0.2, 0.25) is 0 Å². The lowest BCUT2D eigenvalue weighted by Gasteiger charge is -2.13. The van der Waals surface area contributed by atoms with Crippen LogP contribution in [0.3, 0.4) is 0 Å². The molecular formula is C19H24N2O. The maximum absolute atomic E-state index is 12.0. The van der Waals surface area contributed by atoms with Crippen LogP contribution >= 0.6 is 0 Å². The fraction of sp³-hybridized carbons (Fsp3) is 0.316. The first-order valence-corrected chi connectivity index (χ1v) is 7.55. The van der Waals surface area contributed by atoms with Crippen LogP contribution in [0, 0.1) is 13.8 Å². The average Bonchev–Trinajstić information content (AvgIpc) is 2.49. The van der Waals surface area contributed by atoms with Crippen molar-refractivity contribution < 1.29 is 4.79 Å². The van der Waals surface area contributed by atoms with E-state index < -0.39 is 0 Å². The van der Waals surface area contributed by atoms with Crippen molar-refractivity contribution in [2.45, 2.75) is 26.8 Å². The minimum atomic E-state index is 0.0555. The SMILES string of the molecule is Cc1ccc(CC(=O)NCc2ccc(N(C)C)cc2)cc1C. The molecular weight excluding hydrogens is 272 g/mol. The third-order valence-electron chi connectivity index (χ3n) is 3.88. The molecule has 0 aliphatic heterocycles. The first kappa shape index (κ1) is 16.1. The van der Waals surface area contributed by atoms with Gasteiger partial charge in [0.25, 0.3) is 0 Å². The highest BCUT2D eigenvalue weighted by atomic mass is 16.1. The summed E-state index contributed by atoms with van der Waals surface area (Å²) in [7, 11) is 4.03. The van der Waals surface area contributed by atoms with Crippen LogP contribution in [0.4, 0.5) is 5.69 Å². The third kappa shape index (κ3) is 4.35. The Kier molecular flexibility index (Phi) is 5.21. The Morgan fingerprint density at radius 3 is 2.18 bits per heavy atom. The summed E-state index contributed by atoms with van der Waals surface area (Å²) in [6, 6.07) is 14.4. The number of anilines is 1. The van der Waals surface area contributed by atoms with E-state index in [1.807, 2.05) is 32.3 Å². The molecule has 0 atom stereocenters. The van der Waals surface area contributed by atoms with Crippen LogP contribution in [0.1, 0.15) is 22.3 Å². The van der Waals surface area contributed by atoms with Gasteiger partial charge in [0.15, 0.2) is 0 Å². The summed E-state index contributed by atoms with van der Waals surface area (Å²) < 4.78 is 0. The lowest BCUT2D eigenvalue weighted by Crippen LogP contribution is -2.24. The number of hydrogen-bond acceptors (Lipinski definition) is 2. The van der Waals surface area contributed by atoms with Gasteiger partial charge < -0.3 is 10.2 Å². The number of nitrogens with zero attached hydrogens (tertiary/aromatic N) is 1. The molecule has 0 spiro atoms. The maximum Gasteiger partial charge on any atom is 0.224 e. The summed E-state index contributed by atoms with van der Waals surface area (Å²) in [6.45, 7) is 4.72. The van der Waals surface area contributed by atoms with Gasteiger partial charge in [-0.1, -0.05) is 30.3 Å². The zero-order chi connectivity index (χ0) is 16.1. The normalized spacial score (nSPS) is 10.4. The average molecular weight is 296 g/mol. The molecule has 0 aliphatic carbocycles. The molecule has 0 saturated carbocycles. The summed E-state index contributed by atoms with van der Waals surface area (Å²) in [5, 5.41) is 2.98. The molecule has 0 fully saturated rings. The zero-order valence-corrected chi connectivity index (χ0v) is 13.8. The van der Waals surface area contributed by atoms with Crippen LogP contribution in [-0.2, 0) is 17.8 Å². The van der Waals surface area contributed by atoms with Gasteiger partial charge in [0.1, 0.15) is 0 Å². The van der Waals surface area contributed by atoms with E-state index >= 15 is 0 Å². The summed E-state index contributed by atoms with van der Waals surface area (Å²) in [6.07, 6.45) is 0.427. The topological polar surface area (TPSA) is 32.3 Å². The van der Waals surface area contributed by atoms with Gasteiger partial charge in [-0.2, -0.15) is 0 Å². The quantitative estimate of drug-likeness (QED) is 0.919. The number of carbonyl (C=O) groups is 1. The van der Waals surface area contributed by atoms with Gasteiger partial charge in [-0.3, -0.25) is 4.79 Å². The number of nitrogens with one attached hydrogen (secondary N) is 1. The molecule has 0 aliphatic rings. The molecule has 0 radical (unpaired) electrons. The van der Waals surface area contributed by atoms with Gasteiger partial charge >= 0.3 is 0 Å². The minimum Gasteiger partial charge on any atom is -0.378 e. The number of carbonyl (C=O) groups excluding carboxylic acids is 1. The molecule has 0 aromatic heterocycles. The van der Waals surface area contributed by atoms with Crippen molar-refractivity contribution in [2.24, 2.45) is 0 Å². The fourth-order valence-electron chi connectivity index (χ4n) is 2.27. The van der Waals surface area contributed by atoms with E-state index in [4.69, 9.17) is 0 Å². The zero-order valence-electron chi connectivity index (χ0n) is 13.8. The molecule has 0 bridgehead atoms. The van der Waals surface area contributed by atoms with Crippen LogP contribution in [0.5, 0.6) is 0 Å². The van der Waals surface area contributed by atoms with Gasteiger partial charge in [-0.15, -0.1) is 0 Å². The number of benzene rings is 2. The predicted molar refractivity (Wildman–Crippen MR) is 92.2 cm³/mol. The molecule has 116 valence electrons. The highest BCUT2D eigenvalue weighted by Gasteiger charge is 2.05. The second-order valence-corrected chi connectivity index (χ2v) is 5.93. The predicted octanol–water partition coefficient (Wildman–Crippen LogP) is 3.23. The van der Waals surface area contributed by atoms with E-state index in [0.717, 1.165) is 16.8 Å². The number of amides is 1.